The molecule has 0 spiro atoms. The highest BCUT2D eigenvalue weighted by Crippen LogP contribution is 2.25. The van der Waals surface area contributed by atoms with Crippen molar-refractivity contribution in [1.82, 2.24) is 10.2 Å². The number of hydrogen-bond acceptors (Lipinski definition) is 5. The Hall–Kier alpha value is -2.75. The van der Waals surface area contributed by atoms with Crippen LogP contribution in [0, 0.1) is 0 Å². The lowest BCUT2D eigenvalue weighted by Gasteiger charge is -2.23. The number of amides is 3. The summed E-state index contributed by atoms with van der Waals surface area (Å²) in [5, 5.41) is 15.2. The van der Waals surface area contributed by atoms with Crippen molar-refractivity contribution in [3.8, 4) is 0 Å². The lowest BCUT2D eigenvalue weighted by atomic mass is 10.0. The molecule has 1 aliphatic rings. The van der Waals surface area contributed by atoms with E-state index in [0.29, 0.717) is 22.9 Å². The Morgan fingerprint density at radius 1 is 1.12 bits per heavy atom. The van der Waals surface area contributed by atoms with Crippen LogP contribution in [-0.4, -0.2) is 57.4 Å². The first-order valence-corrected chi connectivity index (χ1v) is 11.8. The Morgan fingerprint density at radius 3 is 2.33 bits per heavy atom. The fraction of sp³-hybridized carbons (Fsp3) is 0.273. The summed E-state index contributed by atoms with van der Waals surface area (Å²) < 4.78 is 0. The minimum atomic E-state index is -1.19. The first kappa shape index (κ1) is 24.9. The maximum atomic E-state index is 12.6. The van der Waals surface area contributed by atoms with E-state index in [0.717, 1.165) is 0 Å². The zero-order valence-electron chi connectivity index (χ0n) is 17.5. The number of carbonyl (C=O) groups excluding carboxylic acids is 3. The molecule has 174 valence electrons. The fourth-order valence-corrected chi connectivity index (χ4v) is 5.09. The first-order chi connectivity index (χ1) is 15.7. The van der Waals surface area contributed by atoms with Gasteiger partial charge in [-0.25, -0.2) is 4.79 Å². The molecule has 1 aliphatic heterocycles. The van der Waals surface area contributed by atoms with Crippen LogP contribution in [0.1, 0.15) is 22.8 Å². The van der Waals surface area contributed by atoms with Gasteiger partial charge in [-0.2, -0.15) is 0 Å². The smallest absolute Gasteiger partial charge is 0.326 e. The van der Waals surface area contributed by atoms with E-state index in [-0.39, 0.29) is 27.9 Å². The van der Waals surface area contributed by atoms with Gasteiger partial charge >= 0.3 is 5.97 Å². The maximum absolute atomic E-state index is 12.6. The standard InChI is InChI=1S/C22H21Cl2N3O5S/c1-12(28)27-11-33-10-18(27)20(29)26-17(22(31)32)9-13-5-7-14(8-6-13)25-21(30)19-15(23)3-2-4-16(19)24/h2-8,17-18H,9-11H2,1H3,(H,25,30)(H,26,29)(H,31,32)/t17-,18+/m0/s1. The summed E-state index contributed by atoms with van der Waals surface area (Å²) in [4.78, 5) is 49.9. The average Bonchev–Trinajstić information content (AvgIpc) is 3.25. The monoisotopic (exact) mass is 509 g/mol. The predicted octanol–water partition coefficient (Wildman–Crippen LogP) is 3.28. The number of rotatable bonds is 7. The van der Waals surface area contributed by atoms with Gasteiger partial charge in [0, 0.05) is 24.8 Å². The van der Waals surface area contributed by atoms with Crippen molar-refractivity contribution < 1.29 is 24.3 Å². The molecule has 0 unspecified atom stereocenters. The molecular weight excluding hydrogens is 489 g/mol. The van der Waals surface area contributed by atoms with Crippen molar-refractivity contribution in [2.75, 3.05) is 16.9 Å². The molecule has 8 nitrogen and oxygen atoms in total. The lowest BCUT2D eigenvalue weighted by molar-refractivity contribution is -0.143. The number of benzene rings is 2. The number of anilines is 1. The summed E-state index contributed by atoms with van der Waals surface area (Å²) in [7, 11) is 0. The highest BCUT2D eigenvalue weighted by atomic mass is 35.5. The van der Waals surface area contributed by atoms with Crippen molar-refractivity contribution in [3.63, 3.8) is 0 Å². The minimum absolute atomic E-state index is 0.0333. The molecule has 0 radical (unpaired) electrons. The number of halogens is 2. The van der Waals surface area contributed by atoms with Crippen LogP contribution in [0.5, 0.6) is 0 Å². The topological polar surface area (TPSA) is 116 Å². The quantitative estimate of drug-likeness (QED) is 0.527. The van der Waals surface area contributed by atoms with E-state index >= 15 is 0 Å². The van der Waals surface area contributed by atoms with Crippen LogP contribution >= 0.6 is 35.0 Å². The van der Waals surface area contributed by atoms with Crippen molar-refractivity contribution in [2.45, 2.75) is 25.4 Å². The largest absolute Gasteiger partial charge is 0.480 e. The zero-order valence-corrected chi connectivity index (χ0v) is 19.8. The average molecular weight is 510 g/mol. The third kappa shape index (κ3) is 6.19. The molecule has 3 N–H and O–H groups in total. The van der Waals surface area contributed by atoms with Gasteiger partial charge in [-0.3, -0.25) is 14.4 Å². The molecule has 0 bridgehead atoms. The molecule has 2 atom stereocenters. The second-order valence-corrected chi connectivity index (χ2v) is 9.17. The second kappa shape index (κ2) is 10.9. The third-order valence-electron chi connectivity index (χ3n) is 5.05. The number of carbonyl (C=O) groups is 4. The van der Waals surface area contributed by atoms with Crippen LogP contribution in [-0.2, 0) is 20.8 Å². The Morgan fingerprint density at radius 2 is 1.76 bits per heavy atom. The van der Waals surface area contributed by atoms with Gasteiger partial charge in [0.05, 0.1) is 21.5 Å². The van der Waals surface area contributed by atoms with E-state index in [9.17, 15) is 24.3 Å². The number of aliphatic carboxylic acids is 1. The summed E-state index contributed by atoms with van der Waals surface area (Å²) in [6.07, 6.45) is 0.0333. The number of carboxylic acids is 1. The van der Waals surface area contributed by atoms with Crippen molar-refractivity contribution in [2.24, 2.45) is 0 Å². The normalized spacial score (nSPS) is 16.2. The molecule has 33 heavy (non-hydrogen) atoms. The number of hydrogen-bond donors (Lipinski definition) is 3. The van der Waals surface area contributed by atoms with Crippen LogP contribution in [0.3, 0.4) is 0 Å². The number of thioether (sulfide) groups is 1. The maximum Gasteiger partial charge on any atom is 0.326 e. The van der Waals surface area contributed by atoms with Gasteiger partial charge in [-0.15, -0.1) is 11.8 Å². The first-order valence-electron chi connectivity index (χ1n) is 9.89. The Balaban J connectivity index is 1.64. The molecule has 2 aromatic carbocycles. The van der Waals surface area contributed by atoms with Gasteiger partial charge < -0.3 is 20.6 Å². The molecule has 1 fully saturated rings. The third-order valence-corrected chi connectivity index (χ3v) is 6.69. The van der Waals surface area contributed by atoms with E-state index < -0.39 is 29.9 Å². The van der Waals surface area contributed by atoms with Crippen molar-refractivity contribution in [1.29, 1.82) is 0 Å². The van der Waals surface area contributed by atoms with Gasteiger partial charge in [0.25, 0.3) is 5.91 Å². The highest BCUT2D eigenvalue weighted by Gasteiger charge is 2.35. The van der Waals surface area contributed by atoms with Gasteiger partial charge in [0.1, 0.15) is 12.1 Å². The summed E-state index contributed by atoms with van der Waals surface area (Å²) in [5.74, 6) is -1.57. The van der Waals surface area contributed by atoms with E-state index in [1.165, 1.54) is 23.6 Å². The highest BCUT2D eigenvalue weighted by molar-refractivity contribution is 7.99. The van der Waals surface area contributed by atoms with Crippen LogP contribution in [0.15, 0.2) is 42.5 Å². The van der Waals surface area contributed by atoms with Crippen molar-refractivity contribution >= 4 is 64.3 Å². The summed E-state index contributed by atoms with van der Waals surface area (Å²) in [6.45, 7) is 1.38. The molecule has 1 heterocycles. The van der Waals surface area contributed by atoms with Crippen LogP contribution in [0.4, 0.5) is 5.69 Å². The zero-order chi connectivity index (χ0) is 24.1. The Bertz CT molecular complexity index is 1060. The lowest BCUT2D eigenvalue weighted by Crippen LogP contribution is -2.52. The number of nitrogens with zero attached hydrogens (tertiary/aromatic N) is 1. The Labute approximate surface area is 204 Å². The summed E-state index contributed by atoms with van der Waals surface area (Å²) in [5.41, 5.74) is 1.26. The van der Waals surface area contributed by atoms with Crippen LogP contribution < -0.4 is 10.6 Å². The molecule has 11 heteroatoms. The van der Waals surface area contributed by atoms with Crippen LogP contribution in [0.25, 0.3) is 0 Å². The van der Waals surface area contributed by atoms with E-state index in [1.54, 1.807) is 42.5 Å². The van der Waals surface area contributed by atoms with E-state index in [1.807, 2.05) is 0 Å². The molecular formula is C22H21Cl2N3O5S. The summed E-state index contributed by atoms with van der Waals surface area (Å²) >= 11 is 13.6. The van der Waals surface area contributed by atoms with Gasteiger partial charge in [-0.1, -0.05) is 41.4 Å². The molecule has 0 saturated carbocycles. The Kier molecular flexibility index (Phi) is 8.23. The molecule has 0 aliphatic carbocycles. The molecule has 3 rings (SSSR count). The summed E-state index contributed by atoms with van der Waals surface area (Å²) in [6, 6.07) is 9.43. The van der Waals surface area contributed by atoms with Crippen LogP contribution in [0.2, 0.25) is 10.0 Å². The van der Waals surface area contributed by atoms with Gasteiger partial charge in [0.2, 0.25) is 11.8 Å². The SMILES string of the molecule is CC(=O)N1CSC[C@@H]1C(=O)N[C@@H](Cc1ccc(NC(=O)c2c(Cl)cccc2Cl)cc1)C(=O)O. The van der Waals surface area contributed by atoms with E-state index in [4.69, 9.17) is 23.2 Å². The molecule has 2 aromatic rings. The molecule has 0 aromatic heterocycles. The molecule has 3 amide bonds. The molecule has 1 saturated heterocycles. The van der Waals surface area contributed by atoms with Gasteiger partial charge in [0.15, 0.2) is 0 Å². The van der Waals surface area contributed by atoms with Crippen molar-refractivity contribution in [3.05, 3.63) is 63.6 Å². The fourth-order valence-electron chi connectivity index (χ4n) is 3.31. The predicted molar refractivity (Wildman–Crippen MR) is 128 cm³/mol. The number of carboxylic acid groups (broad SMARTS) is 1. The number of nitrogens with one attached hydrogen (secondary N) is 2. The van der Waals surface area contributed by atoms with E-state index in [2.05, 4.69) is 10.6 Å². The minimum Gasteiger partial charge on any atom is -0.480 e. The second-order valence-electron chi connectivity index (χ2n) is 7.36. The van der Waals surface area contributed by atoms with Gasteiger partial charge in [-0.05, 0) is 29.8 Å².